The molecular weight excluding hydrogens is 333 g/mol. The van der Waals surface area contributed by atoms with Crippen molar-refractivity contribution in [2.45, 2.75) is 0 Å². The Hall–Kier alpha value is -2.60. The number of anilines is 2. The van der Waals surface area contributed by atoms with Crippen LogP contribution in [0.2, 0.25) is 5.02 Å². The van der Waals surface area contributed by atoms with E-state index in [2.05, 4.69) is 10.6 Å². The third kappa shape index (κ3) is 3.65. The SMILES string of the molecule is O=C1CN(c2ccc(NC(=O)c3ccc(F)cc3Cl)cc2)CCN1. The largest absolute Gasteiger partial charge is 0.360 e. The molecule has 2 N–H and O–H groups in total. The quantitative estimate of drug-likeness (QED) is 0.897. The molecule has 2 aromatic carbocycles. The minimum absolute atomic E-state index is 0.00965. The summed E-state index contributed by atoms with van der Waals surface area (Å²) in [6, 6.07) is 10.8. The fraction of sp³-hybridized carbons (Fsp3) is 0.176. The van der Waals surface area contributed by atoms with Crippen molar-refractivity contribution in [1.82, 2.24) is 5.32 Å². The molecule has 2 aromatic rings. The van der Waals surface area contributed by atoms with Gasteiger partial charge in [0.2, 0.25) is 5.91 Å². The van der Waals surface area contributed by atoms with Gasteiger partial charge in [0.1, 0.15) is 5.82 Å². The van der Waals surface area contributed by atoms with Crippen molar-refractivity contribution in [3.05, 3.63) is 58.9 Å². The van der Waals surface area contributed by atoms with E-state index in [1.807, 2.05) is 17.0 Å². The highest BCUT2D eigenvalue weighted by atomic mass is 35.5. The number of amides is 2. The average Bonchev–Trinajstić information content (AvgIpc) is 2.55. The summed E-state index contributed by atoms with van der Waals surface area (Å²) >= 11 is 5.89. The topological polar surface area (TPSA) is 61.4 Å². The number of nitrogens with zero attached hydrogens (tertiary/aromatic N) is 1. The Morgan fingerprint density at radius 1 is 1.21 bits per heavy atom. The number of carbonyl (C=O) groups is 2. The molecule has 1 aliphatic rings. The predicted octanol–water partition coefficient (Wildman–Crippen LogP) is 2.67. The molecule has 1 saturated heterocycles. The van der Waals surface area contributed by atoms with Crippen LogP contribution in [-0.4, -0.2) is 31.4 Å². The highest BCUT2D eigenvalue weighted by Gasteiger charge is 2.16. The number of hydrogen-bond acceptors (Lipinski definition) is 3. The molecule has 124 valence electrons. The van der Waals surface area contributed by atoms with Crippen LogP contribution in [-0.2, 0) is 4.79 Å². The Labute approximate surface area is 143 Å². The van der Waals surface area contributed by atoms with E-state index in [9.17, 15) is 14.0 Å². The van der Waals surface area contributed by atoms with Gasteiger partial charge < -0.3 is 15.5 Å². The molecule has 24 heavy (non-hydrogen) atoms. The fourth-order valence-corrected chi connectivity index (χ4v) is 2.74. The molecule has 0 unspecified atom stereocenters. The summed E-state index contributed by atoms with van der Waals surface area (Å²) in [5, 5.41) is 5.54. The Balaban J connectivity index is 1.69. The number of carbonyl (C=O) groups excluding carboxylic acids is 2. The van der Waals surface area contributed by atoms with E-state index in [1.54, 1.807) is 12.1 Å². The molecule has 0 atom stereocenters. The zero-order valence-corrected chi connectivity index (χ0v) is 13.4. The zero-order valence-electron chi connectivity index (χ0n) is 12.7. The minimum atomic E-state index is -0.494. The first-order valence-electron chi connectivity index (χ1n) is 7.41. The molecule has 0 spiro atoms. The van der Waals surface area contributed by atoms with Gasteiger partial charge in [-0.2, -0.15) is 0 Å². The molecule has 0 bridgehead atoms. The minimum Gasteiger partial charge on any atom is -0.360 e. The summed E-state index contributed by atoms with van der Waals surface area (Å²) in [7, 11) is 0. The number of piperazine rings is 1. The first-order valence-corrected chi connectivity index (χ1v) is 7.79. The lowest BCUT2D eigenvalue weighted by Gasteiger charge is -2.28. The Morgan fingerprint density at radius 3 is 2.62 bits per heavy atom. The van der Waals surface area contributed by atoms with Crippen molar-refractivity contribution in [3.8, 4) is 0 Å². The number of rotatable bonds is 3. The number of hydrogen-bond donors (Lipinski definition) is 2. The van der Waals surface area contributed by atoms with Crippen molar-refractivity contribution in [1.29, 1.82) is 0 Å². The van der Waals surface area contributed by atoms with Gasteiger partial charge in [-0.05, 0) is 42.5 Å². The van der Waals surface area contributed by atoms with E-state index < -0.39 is 11.7 Å². The van der Waals surface area contributed by atoms with Crippen LogP contribution in [0.15, 0.2) is 42.5 Å². The third-order valence-electron chi connectivity index (χ3n) is 3.70. The maximum Gasteiger partial charge on any atom is 0.257 e. The standard InChI is InChI=1S/C17H15ClFN3O2/c18-15-9-11(19)1-6-14(15)17(24)21-12-2-4-13(5-3-12)22-8-7-20-16(23)10-22/h1-6,9H,7-8,10H2,(H,20,23)(H,21,24). The number of nitrogens with one attached hydrogen (secondary N) is 2. The molecule has 7 heteroatoms. The van der Waals surface area contributed by atoms with Gasteiger partial charge in [-0.1, -0.05) is 11.6 Å². The van der Waals surface area contributed by atoms with Crippen molar-refractivity contribution >= 4 is 34.8 Å². The van der Waals surface area contributed by atoms with Gasteiger partial charge in [0.15, 0.2) is 0 Å². The fourth-order valence-electron chi connectivity index (χ4n) is 2.49. The lowest BCUT2D eigenvalue weighted by atomic mass is 10.2. The van der Waals surface area contributed by atoms with E-state index in [4.69, 9.17) is 11.6 Å². The normalized spacial score (nSPS) is 14.2. The molecule has 5 nitrogen and oxygen atoms in total. The lowest BCUT2D eigenvalue weighted by molar-refractivity contribution is -0.120. The number of halogens is 2. The van der Waals surface area contributed by atoms with Crippen LogP contribution in [0.3, 0.4) is 0 Å². The van der Waals surface area contributed by atoms with E-state index in [-0.39, 0.29) is 16.5 Å². The van der Waals surface area contributed by atoms with Crippen LogP contribution in [0.5, 0.6) is 0 Å². The van der Waals surface area contributed by atoms with Crippen LogP contribution in [0.1, 0.15) is 10.4 Å². The van der Waals surface area contributed by atoms with Gasteiger partial charge >= 0.3 is 0 Å². The van der Waals surface area contributed by atoms with Gasteiger partial charge in [-0.3, -0.25) is 9.59 Å². The van der Waals surface area contributed by atoms with Crippen LogP contribution in [0.25, 0.3) is 0 Å². The van der Waals surface area contributed by atoms with Crippen molar-refractivity contribution < 1.29 is 14.0 Å². The third-order valence-corrected chi connectivity index (χ3v) is 4.02. The highest BCUT2D eigenvalue weighted by Crippen LogP contribution is 2.21. The Kier molecular flexibility index (Phi) is 4.66. The summed E-state index contributed by atoms with van der Waals surface area (Å²) in [5.74, 6) is -0.916. The maximum atomic E-state index is 13.0. The zero-order chi connectivity index (χ0) is 17.1. The van der Waals surface area contributed by atoms with Crippen molar-refractivity contribution in [2.75, 3.05) is 29.9 Å². The van der Waals surface area contributed by atoms with Gasteiger partial charge in [0, 0.05) is 24.5 Å². The van der Waals surface area contributed by atoms with E-state index >= 15 is 0 Å². The molecule has 0 aromatic heterocycles. The van der Waals surface area contributed by atoms with E-state index in [0.29, 0.717) is 18.8 Å². The monoisotopic (exact) mass is 347 g/mol. The first-order chi connectivity index (χ1) is 11.5. The van der Waals surface area contributed by atoms with Crippen molar-refractivity contribution in [3.63, 3.8) is 0 Å². The van der Waals surface area contributed by atoms with Gasteiger partial charge in [-0.25, -0.2) is 4.39 Å². The molecule has 2 amide bonds. The molecule has 1 fully saturated rings. The highest BCUT2D eigenvalue weighted by molar-refractivity contribution is 6.34. The Bertz CT molecular complexity index is 780. The summed E-state index contributed by atoms with van der Waals surface area (Å²) in [4.78, 5) is 25.6. The van der Waals surface area contributed by atoms with E-state index in [0.717, 1.165) is 18.3 Å². The summed E-state index contributed by atoms with van der Waals surface area (Å²) in [5.41, 5.74) is 1.70. The first kappa shape index (κ1) is 16.3. The van der Waals surface area contributed by atoms with Gasteiger partial charge in [0.25, 0.3) is 5.91 Å². The van der Waals surface area contributed by atoms with Gasteiger partial charge in [-0.15, -0.1) is 0 Å². The second-order valence-corrected chi connectivity index (χ2v) is 5.80. The van der Waals surface area contributed by atoms with Crippen LogP contribution >= 0.6 is 11.6 Å². The van der Waals surface area contributed by atoms with E-state index in [1.165, 1.54) is 12.1 Å². The lowest BCUT2D eigenvalue weighted by Crippen LogP contribution is -2.47. The van der Waals surface area contributed by atoms with Crippen LogP contribution in [0, 0.1) is 5.82 Å². The summed E-state index contributed by atoms with van der Waals surface area (Å²) < 4.78 is 13.0. The second kappa shape index (κ2) is 6.88. The second-order valence-electron chi connectivity index (χ2n) is 5.40. The molecule has 3 rings (SSSR count). The van der Waals surface area contributed by atoms with Crippen LogP contribution < -0.4 is 15.5 Å². The molecule has 1 heterocycles. The average molecular weight is 348 g/mol. The predicted molar refractivity (Wildman–Crippen MR) is 91.0 cm³/mol. The Morgan fingerprint density at radius 2 is 1.96 bits per heavy atom. The molecule has 0 aliphatic carbocycles. The molecular formula is C17H15ClFN3O2. The smallest absolute Gasteiger partial charge is 0.257 e. The van der Waals surface area contributed by atoms with Crippen LogP contribution in [0.4, 0.5) is 15.8 Å². The summed E-state index contributed by atoms with van der Waals surface area (Å²) in [6.07, 6.45) is 0. The molecule has 0 saturated carbocycles. The molecule has 1 aliphatic heterocycles. The summed E-state index contributed by atoms with van der Waals surface area (Å²) in [6.45, 7) is 1.67. The molecule has 0 radical (unpaired) electrons. The number of benzene rings is 2. The van der Waals surface area contributed by atoms with Crippen molar-refractivity contribution in [2.24, 2.45) is 0 Å². The van der Waals surface area contributed by atoms with Gasteiger partial charge in [0.05, 0.1) is 17.1 Å². The maximum absolute atomic E-state index is 13.0.